The second kappa shape index (κ2) is 7.28. The van der Waals surface area contributed by atoms with E-state index in [-0.39, 0.29) is 6.04 Å². The van der Waals surface area contributed by atoms with Crippen LogP contribution >= 0.6 is 0 Å². The van der Waals surface area contributed by atoms with Crippen LogP contribution in [0.25, 0.3) is 0 Å². The van der Waals surface area contributed by atoms with E-state index < -0.39 is 36.6 Å². The van der Waals surface area contributed by atoms with Crippen molar-refractivity contribution in [2.24, 2.45) is 5.92 Å². The van der Waals surface area contributed by atoms with Gasteiger partial charge in [-0.3, -0.25) is 14.4 Å². The average molecular weight is 279 g/mol. The number of carbonyl (C=O) groups is 3. The van der Waals surface area contributed by atoms with Crippen LogP contribution in [0.2, 0.25) is 0 Å². The molecule has 0 heterocycles. The van der Waals surface area contributed by atoms with Crippen LogP contribution in [0, 0.1) is 5.92 Å². The van der Waals surface area contributed by atoms with Gasteiger partial charge in [-0.05, 0) is 12.5 Å². The SMILES string of the molecule is CC(NC(=O)C(CC(=O)O)CC(=O)O)c1ccccc1. The summed E-state index contributed by atoms with van der Waals surface area (Å²) in [5, 5.41) is 20.1. The molecular formula is C14H17NO5. The second-order valence-corrected chi connectivity index (χ2v) is 4.53. The van der Waals surface area contributed by atoms with Crippen LogP contribution in [0.3, 0.4) is 0 Å². The highest BCUT2D eigenvalue weighted by molar-refractivity contribution is 5.86. The number of benzene rings is 1. The third-order valence-electron chi connectivity index (χ3n) is 2.87. The molecule has 1 aromatic carbocycles. The molecule has 1 rings (SSSR count). The lowest BCUT2D eigenvalue weighted by Crippen LogP contribution is -2.35. The highest BCUT2D eigenvalue weighted by atomic mass is 16.4. The van der Waals surface area contributed by atoms with Gasteiger partial charge in [0.15, 0.2) is 0 Å². The maximum atomic E-state index is 12.0. The smallest absolute Gasteiger partial charge is 0.304 e. The number of carboxylic acids is 2. The van der Waals surface area contributed by atoms with Crippen molar-refractivity contribution in [3.8, 4) is 0 Å². The number of aliphatic carboxylic acids is 2. The first-order valence-corrected chi connectivity index (χ1v) is 6.19. The first-order chi connectivity index (χ1) is 9.40. The minimum absolute atomic E-state index is 0.311. The predicted molar refractivity (Wildman–Crippen MR) is 71.0 cm³/mol. The van der Waals surface area contributed by atoms with Gasteiger partial charge in [-0.1, -0.05) is 30.3 Å². The Morgan fingerprint density at radius 3 is 2.00 bits per heavy atom. The monoisotopic (exact) mass is 279 g/mol. The normalized spacial score (nSPS) is 11.9. The van der Waals surface area contributed by atoms with E-state index in [1.165, 1.54) is 0 Å². The van der Waals surface area contributed by atoms with Gasteiger partial charge in [-0.2, -0.15) is 0 Å². The molecule has 3 N–H and O–H groups in total. The molecule has 0 radical (unpaired) electrons. The number of hydrogen-bond acceptors (Lipinski definition) is 3. The van der Waals surface area contributed by atoms with E-state index in [2.05, 4.69) is 5.32 Å². The molecule has 1 unspecified atom stereocenters. The Balaban J connectivity index is 2.70. The third kappa shape index (κ3) is 5.09. The minimum Gasteiger partial charge on any atom is -0.481 e. The van der Waals surface area contributed by atoms with Gasteiger partial charge in [0.05, 0.1) is 24.8 Å². The van der Waals surface area contributed by atoms with Crippen molar-refractivity contribution < 1.29 is 24.6 Å². The van der Waals surface area contributed by atoms with Gasteiger partial charge in [0.2, 0.25) is 5.91 Å². The van der Waals surface area contributed by atoms with E-state index in [4.69, 9.17) is 10.2 Å². The summed E-state index contributed by atoms with van der Waals surface area (Å²) < 4.78 is 0. The Hall–Kier alpha value is -2.37. The fourth-order valence-electron chi connectivity index (χ4n) is 1.84. The first-order valence-electron chi connectivity index (χ1n) is 6.19. The summed E-state index contributed by atoms with van der Waals surface area (Å²) in [6, 6.07) is 8.83. The molecule has 0 bridgehead atoms. The van der Waals surface area contributed by atoms with Gasteiger partial charge >= 0.3 is 11.9 Å². The lowest BCUT2D eigenvalue weighted by molar-refractivity contribution is -0.145. The summed E-state index contributed by atoms with van der Waals surface area (Å²) in [5.74, 6) is -4.03. The van der Waals surface area contributed by atoms with Crippen LogP contribution in [-0.2, 0) is 14.4 Å². The van der Waals surface area contributed by atoms with E-state index >= 15 is 0 Å². The molecule has 1 atom stereocenters. The first kappa shape index (κ1) is 15.7. The Morgan fingerprint density at radius 1 is 1.05 bits per heavy atom. The summed E-state index contributed by atoms with van der Waals surface area (Å²) in [4.78, 5) is 33.3. The number of hydrogen-bond donors (Lipinski definition) is 3. The van der Waals surface area contributed by atoms with Crippen LogP contribution in [0.15, 0.2) is 30.3 Å². The summed E-state index contributed by atoms with van der Waals surface area (Å²) in [5.41, 5.74) is 0.866. The summed E-state index contributed by atoms with van der Waals surface area (Å²) in [6.45, 7) is 1.76. The molecule has 0 fully saturated rings. The zero-order valence-electron chi connectivity index (χ0n) is 11.1. The van der Waals surface area contributed by atoms with Crippen molar-refractivity contribution in [1.82, 2.24) is 5.32 Å². The Morgan fingerprint density at radius 2 is 1.55 bits per heavy atom. The van der Waals surface area contributed by atoms with Crippen molar-refractivity contribution >= 4 is 17.8 Å². The standard InChI is InChI=1S/C14H17NO5/c1-9(10-5-3-2-4-6-10)15-14(20)11(7-12(16)17)8-13(18)19/h2-6,9,11H,7-8H2,1H3,(H,15,20)(H,16,17)(H,18,19). The lowest BCUT2D eigenvalue weighted by atomic mass is 9.99. The molecule has 1 amide bonds. The van der Waals surface area contributed by atoms with Crippen molar-refractivity contribution in [3.05, 3.63) is 35.9 Å². The number of carbonyl (C=O) groups excluding carboxylic acids is 1. The predicted octanol–water partition coefficient (Wildman–Crippen LogP) is 1.43. The Labute approximate surface area is 116 Å². The van der Waals surface area contributed by atoms with E-state index in [9.17, 15) is 14.4 Å². The number of rotatable bonds is 7. The molecule has 0 aromatic heterocycles. The zero-order chi connectivity index (χ0) is 15.1. The molecular weight excluding hydrogens is 262 g/mol. The van der Waals surface area contributed by atoms with E-state index in [0.717, 1.165) is 5.56 Å². The fraction of sp³-hybridized carbons (Fsp3) is 0.357. The molecule has 0 saturated carbocycles. The van der Waals surface area contributed by atoms with Gasteiger partial charge in [-0.25, -0.2) is 0 Å². The topological polar surface area (TPSA) is 104 Å². The molecule has 108 valence electrons. The van der Waals surface area contributed by atoms with Crippen molar-refractivity contribution in [2.45, 2.75) is 25.8 Å². The Bertz CT molecular complexity index is 470. The lowest BCUT2D eigenvalue weighted by Gasteiger charge is -2.18. The van der Waals surface area contributed by atoms with Crippen LogP contribution in [0.5, 0.6) is 0 Å². The van der Waals surface area contributed by atoms with Crippen molar-refractivity contribution in [2.75, 3.05) is 0 Å². The van der Waals surface area contributed by atoms with Crippen molar-refractivity contribution in [3.63, 3.8) is 0 Å². The van der Waals surface area contributed by atoms with Gasteiger partial charge in [0, 0.05) is 0 Å². The average Bonchev–Trinajstić information content (AvgIpc) is 2.37. The molecule has 6 nitrogen and oxygen atoms in total. The quantitative estimate of drug-likeness (QED) is 0.700. The summed E-state index contributed by atoms with van der Waals surface area (Å²) in [7, 11) is 0. The third-order valence-corrected chi connectivity index (χ3v) is 2.87. The van der Waals surface area contributed by atoms with Crippen LogP contribution in [-0.4, -0.2) is 28.1 Å². The van der Waals surface area contributed by atoms with Crippen LogP contribution in [0.1, 0.15) is 31.4 Å². The molecule has 0 saturated heterocycles. The van der Waals surface area contributed by atoms with E-state index in [0.29, 0.717) is 0 Å². The fourth-order valence-corrected chi connectivity index (χ4v) is 1.84. The summed E-state index contributed by atoms with van der Waals surface area (Å²) in [6.07, 6.45) is -1.00. The van der Waals surface area contributed by atoms with Crippen LogP contribution in [0.4, 0.5) is 0 Å². The molecule has 1 aromatic rings. The van der Waals surface area contributed by atoms with Gasteiger partial charge < -0.3 is 15.5 Å². The highest BCUT2D eigenvalue weighted by Crippen LogP contribution is 2.15. The molecule has 6 heteroatoms. The molecule has 0 aliphatic rings. The maximum Gasteiger partial charge on any atom is 0.304 e. The van der Waals surface area contributed by atoms with Gasteiger partial charge in [-0.15, -0.1) is 0 Å². The van der Waals surface area contributed by atoms with E-state index in [1.807, 2.05) is 30.3 Å². The van der Waals surface area contributed by atoms with Crippen LogP contribution < -0.4 is 5.32 Å². The largest absolute Gasteiger partial charge is 0.481 e. The number of amides is 1. The highest BCUT2D eigenvalue weighted by Gasteiger charge is 2.25. The summed E-state index contributed by atoms with van der Waals surface area (Å²) >= 11 is 0. The second-order valence-electron chi connectivity index (χ2n) is 4.53. The van der Waals surface area contributed by atoms with E-state index in [1.54, 1.807) is 6.92 Å². The van der Waals surface area contributed by atoms with Gasteiger partial charge in [0.25, 0.3) is 0 Å². The molecule has 0 aliphatic carbocycles. The maximum absolute atomic E-state index is 12.0. The number of carboxylic acid groups (broad SMARTS) is 2. The minimum atomic E-state index is -1.20. The molecule has 0 aliphatic heterocycles. The van der Waals surface area contributed by atoms with Gasteiger partial charge in [0.1, 0.15) is 0 Å². The number of nitrogens with one attached hydrogen (secondary N) is 1. The van der Waals surface area contributed by atoms with Crippen molar-refractivity contribution in [1.29, 1.82) is 0 Å². The molecule has 0 spiro atoms. The Kier molecular flexibility index (Phi) is 5.71. The molecule has 20 heavy (non-hydrogen) atoms. The zero-order valence-corrected chi connectivity index (χ0v) is 11.1.